The molecule has 1 aromatic heterocycles. The Morgan fingerprint density at radius 2 is 2.15 bits per heavy atom. The first kappa shape index (κ1) is 14.1. The molecule has 6 nitrogen and oxygen atoms in total. The number of furan rings is 1. The highest BCUT2D eigenvalue weighted by atomic mass is 16.4. The zero-order valence-corrected chi connectivity index (χ0v) is 10.9. The van der Waals surface area contributed by atoms with Crippen molar-refractivity contribution in [1.82, 2.24) is 5.32 Å². The van der Waals surface area contributed by atoms with Crippen molar-refractivity contribution in [3.05, 3.63) is 35.6 Å². The Kier molecular flexibility index (Phi) is 4.05. The van der Waals surface area contributed by atoms with Crippen LogP contribution in [0.2, 0.25) is 0 Å². The monoisotopic (exact) mass is 277 g/mol. The van der Waals surface area contributed by atoms with Crippen LogP contribution in [0.25, 0.3) is 11.0 Å². The van der Waals surface area contributed by atoms with Crippen LogP contribution in [-0.4, -0.2) is 34.7 Å². The molecule has 0 aliphatic rings. The molecule has 1 heterocycles. The first-order chi connectivity index (χ1) is 9.47. The van der Waals surface area contributed by atoms with Crippen LogP contribution in [0.3, 0.4) is 0 Å². The van der Waals surface area contributed by atoms with Crippen LogP contribution < -0.4 is 5.32 Å². The molecular formula is C14H15NO5. The molecule has 0 aliphatic carbocycles. The third-order valence-corrected chi connectivity index (χ3v) is 2.94. The number of aryl methyl sites for hydroxylation is 1. The summed E-state index contributed by atoms with van der Waals surface area (Å²) in [5.41, 5.74) is 2.49. The summed E-state index contributed by atoms with van der Waals surface area (Å²) in [4.78, 5) is 22.1. The van der Waals surface area contributed by atoms with E-state index in [0.717, 1.165) is 16.5 Å². The quantitative estimate of drug-likeness (QED) is 0.752. The van der Waals surface area contributed by atoms with E-state index in [-0.39, 0.29) is 18.9 Å². The number of carbonyl (C=O) groups is 2. The summed E-state index contributed by atoms with van der Waals surface area (Å²) in [5, 5.41) is 20.8. The second-order valence-corrected chi connectivity index (χ2v) is 4.60. The summed E-state index contributed by atoms with van der Waals surface area (Å²) >= 11 is 0. The molecule has 0 spiro atoms. The highest BCUT2D eigenvalue weighted by Crippen LogP contribution is 2.22. The molecule has 2 rings (SSSR count). The van der Waals surface area contributed by atoms with Gasteiger partial charge in [-0.3, -0.25) is 4.79 Å². The zero-order valence-electron chi connectivity index (χ0n) is 10.9. The van der Waals surface area contributed by atoms with Gasteiger partial charge in [-0.25, -0.2) is 4.79 Å². The van der Waals surface area contributed by atoms with E-state index in [1.165, 1.54) is 6.26 Å². The smallest absolute Gasteiger partial charge is 0.334 e. The highest BCUT2D eigenvalue weighted by Gasteiger charge is 2.15. The molecule has 1 aromatic carbocycles. The molecular weight excluding hydrogens is 262 g/mol. The summed E-state index contributed by atoms with van der Waals surface area (Å²) in [5.74, 6) is -1.73. The van der Waals surface area contributed by atoms with E-state index in [1.807, 2.05) is 25.1 Å². The molecule has 0 aliphatic heterocycles. The van der Waals surface area contributed by atoms with E-state index < -0.39 is 12.1 Å². The fraction of sp³-hybridized carbons (Fsp3) is 0.286. The van der Waals surface area contributed by atoms with Crippen LogP contribution in [0.5, 0.6) is 0 Å². The first-order valence-electron chi connectivity index (χ1n) is 6.11. The minimum absolute atomic E-state index is 0.0718. The normalized spacial score (nSPS) is 12.3. The van der Waals surface area contributed by atoms with Crippen molar-refractivity contribution in [2.45, 2.75) is 19.4 Å². The van der Waals surface area contributed by atoms with Crippen molar-refractivity contribution >= 4 is 22.8 Å². The molecule has 106 valence electrons. The van der Waals surface area contributed by atoms with E-state index in [1.54, 1.807) is 0 Å². The number of aliphatic hydroxyl groups is 1. The average Bonchev–Trinajstić information content (AvgIpc) is 2.78. The summed E-state index contributed by atoms with van der Waals surface area (Å²) in [6.45, 7) is 1.63. The van der Waals surface area contributed by atoms with Crippen LogP contribution in [0.4, 0.5) is 0 Å². The number of carboxylic acid groups (broad SMARTS) is 1. The van der Waals surface area contributed by atoms with Crippen molar-refractivity contribution in [3.8, 4) is 0 Å². The van der Waals surface area contributed by atoms with Gasteiger partial charge in [-0.05, 0) is 18.6 Å². The second kappa shape index (κ2) is 5.75. The molecule has 1 amide bonds. The molecule has 0 bridgehead atoms. The number of hydrogen-bond donors (Lipinski definition) is 3. The number of fused-ring (bicyclic) bond motifs is 1. The van der Waals surface area contributed by atoms with Crippen LogP contribution in [0, 0.1) is 6.92 Å². The lowest BCUT2D eigenvalue weighted by Crippen LogP contribution is -2.37. The fourth-order valence-corrected chi connectivity index (χ4v) is 1.86. The third-order valence-electron chi connectivity index (χ3n) is 2.94. The van der Waals surface area contributed by atoms with Crippen LogP contribution in [0.1, 0.15) is 11.1 Å². The van der Waals surface area contributed by atoms with Crippen molar-refractivity contribution in [2.24, 2.45) is 0 Å². The van der Waals surface area contributed by atoms with Gasteiger partial charge in [0.1, 0.15) is 5.58 Å². The van der Waals surface area contributed by atoms with Crippen molar-refractivity contribution in [1.29, 1.82) is 0 Å². The number of benzene rings is 1. The molecule has 1 atom stereocenters. The average molecular weight is 277 g/mol. The van der Waals surface area contributed by atoms with Gasteiger partial charge in [0, 0.05) is 10.9 Å². The Balaban J connectivity index is 2.01. The number of carbonyl (C=O) groups excluding carboxylic acids is 1. The maximum absolute atomic E-state index is 11.7. The Morgan fingerprint density at radius 3 is 2.85 bits per heavy atom. The summed E-state index contributed by atoms with van der Waals surface area (Å²) in [7, 11) is 0. The van der Waals surface area contributed by atoms with Gasteiger partial charge in [-0.2, -0.15) is 0 Å². The Bertz CT molecular complexity index is 646. The Hall–Kier alpha value is -2.34. The SMILES string of the molecule is Cc1ccc2c(CC(=O)NCC(O)C(=O)O)coc2c1. The number of aliphatic hydroxyl groups excluding tert-OH is 1. The van der Waals surface area contributed by atoms with E-state index in [9.17, 15) is 9.59 Å². The van der Waals surface area contributed by atoms with Crippen LogP contribution in [-0.2, 0) is 16.0 Å². The molecule has 3 N–H and O–H groups in total. The van der Waals surface area contributed by atoms with Crippen LogP contribution >= 0.6 is 0 Å². The second-order valence-electron chi connectivity index (χ2n) is 4.60. The number of carboxylic acids is 1. The first-order valence-corrected chi connectivity index (χ1v) is 6.11. The zero-order chi connectivity index (χ0) is 14.7. The van der Waals surface area contributed by atoms with Gasteiger partial charge in [-0.15, -0.1) is 0 Å². The fourth-order valence-electron chi connectivity index (χ4n) is 1.86. The van der Waals surface area contributed by atoms with Crippen molar-refractivity contribution < 1.29 is 24.2 Å². The summed E-state index contributed by atoms with van der Waals surface area (Å²) in [6, 6.07) is 5.68. The lowest BCUT2D eigenvalue weighted by molar-refractivity contribution is -0.146. The predicted molar refractivity (Wildman–Crippen MR) is 71.3 cm³/mol. The number of nitrogens with one attached hydrogen (secondary N) is 1. The number of hydrogen-bond acceptors (Lipinski definition) is 4. The van der Waals surface area contributed by atoms with E-state index in [2.05, 4.69) is 5.32 Å². The highest BCUT2D eigenvalue weighted by molar-refractivity contribution is 5.88. The van der Waals surface area contributed by atoms with Gasteiger partial charge in [-0.1, -0.05) is 12.1 Å². The predicted octanol–water partition coefficient (Wildman–Crippen LogP) is 0.845. The standard InChI is InChI=1S/C14H15NO5/c1-8-2-3-10-9(7-20-12(10)4-8)5-13(17)15-6-11(16)14(18)19/h2-4,7,11,16H,5-6H2,1H3,(H,15,17)(H,18,19). The molecule has 0 saturated heterocycles. The van der Waals surface area contributed by atoms with E-state index >= 15 is 0 Å². The lowest BCUT2D eigenvalue weighted by Gasteiger charge is -2.07. The van der Waals surface area contributed by atoms with Crippen LogP contribution in [0.15, 0.2) is 28.9 Å². The molecule has 0 radical (unpaired) electrons. The molecule has 1 unspecified atom stereocenters. The molecule has 20 heavy (non-hydrogen) atoms. The van der Waals surface area contributed by atoms with Crippen molar-refractivity contribution in [3.63, 3.8) is 0 Å². The molecule has 0 fully saturated rings. The molecule has 2 aromatic rings. The Morgan fingerprint density at radius 1 is 1.40 bits per heavy atom. The third kappa shape index (κ3) is 3.16. The van der Waals surface area contributed by atoms with E-state index in [0.29, 0.717) is 5.58 Å². The van der Waals surface area contributed by atoms with Gasteiger partial charge in [0.25, 0.3) is 0 Å². The topological polar surface area (TPSA) is 99.8 Å². The Labute approximate surface area is 115 Å². The lowest BCUT2D eigenvalue weighted by atomic mass is 10.1. The maximum Gasteiger partial charge on any atom is 0.334 e. The van der Waals surface area contributed by atoms with Gasteiger partial charge in [0.2, 0.25) is 5.91 Å². The number of rotatable bonds is 5. The number of aliphatic carboxylic acids is 1. The van der Waals surface area contributed by atoms with Gasteiger partial charge >= 0.3 is 5.97 Å². The minimum atomic E-state index is -1.59. The van der Waals surface area contributed by atoms with Gasteiger partial charge in [0.15, 0.2) is 6.10 Å². The van der Waals surface area contributed by atoms with E-state index in [4.69, 9.17) is 14.6 Å². The minimum Gasteiger partial charge on any atom is -0.479 e. The number of amides is 1. The summed E-state index contributed by atoms with van der Waals surface area (Å²) in [6.07, 6.45) is -0.0117. The molecule has 0 saturated carbocycles. The largest absolute Gasteiger partial charge is 0.479 e. The van der Waals surface area contributed by atoms with Crippen molar-refractivity contribution in [2.75, 3.05) is 6.54 Å². The van der Waals surface area contributed by atoms with Gasteiger partial charge < -0.3 is 19.9 Å². The van der Waals surface area contributed by atoms with Gasteiger partial charge in [0.05, 0.1) is 19.2 Å². The molecule has 6 heteroatoms. The summed E-state index contributed by atoms with van der Waals surface area (Å²) < 4.78 is 5.37. The maximum atomic E-state index is 11.7.